The van der Waals surface area contributed by atoms with Crippen molar-refractivity contribution in [2.75, 3.05) is 13.6 Å². The number of hydrogen-bond acceptors (Lipinski definition) is 3. The molecule has 0 bridgehead atoms. The minimum atomic E-state index is -0.0546. The number of likely N-dealkylation sites (N-methyl/N-ethyl adjacent to an activating group) is 1. The summed E-state index contributed by atoms with van der Waals surface area (Å²) in [6, 6.07) is 7.59. The first-order valence-corrected chi connectivity index (χ1v) is 8.25. The lowest BCUT2D eigenvalue weighted by Gasteiger charge is -2.23. The molecule has 0 N–H and O–H groups in total. The van der Waals surface area contributed by atoms with Gasteiger partial charge in [-0.2, -0.15) is 0 Å². The van der Waals surface area contributed by atoms with Crippen molar-refractivity contribution < 1.29 is 9.63 Å². The van der Waals surface area contributed by atoms with Crippen LogP contribution in [-0.4, -0.2) is 36.2 Å². The number of halogens is 1. The van der Waals surface area contributed by atoms with Crippen LogP contribution in [0.15, 0.2) is 29.4 Å². The van der Waals surface area contributed by atoms with E-state index in [0.29, 0.717) is 11.6 Å². The van der Waals surface area contributed by atoms with Gasteiger partial charge in [0.1, 0.15) is 0 Å². The summed E-state index contributed by atoms with van der Waals surface area (Å²) < 4.78 is 0. The number of amides is 1. The van der Waals surface area contributed by atoms with Gasteiger partial charge in [-0.25, -0.2) is 0 Å². The summed E-state index contributed by atoms with van der Waals surface area (Å²) in [5.74, 6) is 0.462. The lowest BCUT2D eigenvalue weighted by atomic mass is 10.0. The molecule has 118 valence electrons. The fraction of sp³-hybridized carbons (Fsp3) is 0.529. The fourth-order valence-corrected chi connectivity index (χ4v) is 3.34. The molecule has 0 radical (unpaired) electrons. The monoisotopic (exact) mass is 320 g/mol. The molecule has 1 aromatic carbocycles. The van der Waals surface area contributed by atoms with E-state index in [9.17, 15) is 4.79 Å². The Kier molecular flexibility index (Phi) is 4.67. The Hall–Kier alpha value is -1.55. The lowest BCUT2D eigenvalue weighted by molar-refractivity contribution is -0.135. The molecular weight excluding hydrogens is 300 g/mol. The van der Waals surface area contributed by atoms with Crippen LogP contribution in [-0.2, 0) is 9.63 Å². The zero-order chi connectivity index (χ0) is 15.5. The van der Waals surface area contributed by atoms with E-state index in [2.05, 4.69) is 5.16 Å². The second-order valence-electron chi connectivity index (χ2n) is 6.18. The first-order valence-electron chi connectivity index (χ1n) is 7.87. The zero-order valence-electron chi connectivity index (χ0n) is 12.8. The molecule has 1 atom stereocenters. The second-order valence-corrected chi connectivity index (χ2v) is 6.61. The van der Waals surface area contributed by atoms with Crippen molar-refractivity contribution in [1.82, 2.24) is 4.90 Å². The van der Waals surface area contributed by atoms with Crippen LogP contribution in [0.4, 0.5) is 0 Å². The molecule has 5 heteroatoms. The van der Waals surface area contributed by atoms with E-state index in [1.54, 1.807) is 4.90 Å². The van der Waals surface area contributed by atoms with E-state index < -0.39 is 0 Å². The topological polar surface area (TPSA) is 41.9 Å². The van der Waals surface area contributed by atoms with Crippen LogP contribution in [0.3, 0.4) is 0 Å². The van der Waals surface area contributed by atoms with Crippen LogP contribution in [0.1, 0.15) is 37.7 Å². The highest BCUT2D eigenvalue weighted by Gasteiger charge is 2.29. The molecule has 0 unspecified atom stereocenters. The highest BCUT2D eigenvalue weighted by atomic mass is 35.5. The largest absolute Gasteiger partial charge is 0.390 e. The summed E-state index contributed by atoms with van der Waals surface area (Å²) in [7, 11) is 1.87. The normalized spacial score (nSPS) is 21.5. The summed E-state index contributed by atoms with van der Waals surface area (Å²) in [6.45, 7) is 0.593. The molecule has 22 heavy (non-hydrogen) atoms. The average Bonchev–Trinajstić information content (AvgIpc) is 3.18. The van der Waals surface area contributed by atoms with Gasteiger partial charge in [-0.3, -0.25) is 4.79 Å². The zero-order valence-corrected chi connectivity index (χ0v) is 13.6. The maximum absolute atomic E-state index is 12.3. The molecule has 1 saturated carbocycles. The minimum absolute atomic E-state index is 0.0546. The van der Waals surface area contributed by atoms with E-state index in [1.165, 1.54) is 12.8 Å². The van der Waals surface area contributed by atoms with Crippen molar-refractivity contribution in [3.05, 3.63) is 34.9 Å². The van der Waals surface area contributed by atoms with E-state index in [-0.39, 0.29) is 17.9 Å². The van der Waals surface area contributed by atoms with Gasteiger partial charge >= 0.3 is 0 Å². The van der Waals surface area contributed by atoms with Crippen LogP contribution >= 0.6 is 11.6 Å². The summed E-state index contributed by atoms with van der Waals surface area (Å²) in [5.41, 5.74) is 1.94. The van der Waals surface area contributed by atoms with Crippen LogP contribution in [0.25, 0.3) is 0 Å². The lowest BCUT2D eigenvalue weighted by Crippen LogP contribution is -2.37. The summed E-state index contributed by atoms with van der Waals surface area (Å²) >= 11 is 5.90. The molecule has 0 aromatic heterocycles. The maximum atomic E-state index is 12.3. The van der Waals surface area contributed by atoms with Gasteiger partial charge < -0.3 is 9.74 Å². The van der Waals surface area contributed by atoms with Crippen LogP contribution < -0.4 is 0 Å². The molecule has 0 saturated heterocycles. The number of carbonyl (C=O) groups is 1. The molecule has 0 spiro atoms. The number of rotatable bonds is 4. The summed E-state index contributed by atoms with van der Waals surface area (Å²) in [4.78, 5) is 19.6. The van der Waals surface area contributed by atoms with Crippen LogP contribution in [0, 0.1) is 5.92 Å². The number of nitrogens with zero attached hydrogens (tertiary/aromatic N) is 2. The smallest absolute Gasteiger partial charge is 0.225 e. The van der Waals surface area contributed by atoms with Gasteiger partial charge in [-0.1, -0.05) is 41.7 Å². The quantitative estimate of drug-likeness (QED) is 0.852. The van der Waals surface area contributed by atoms with Crippen molar-refractivity contribution in [1.29, 1.82) is 0 Å². The van der Waals surface area contributed by atoms with Gasteiger partial charge in [-0.05, 0) is 30.5 Å². The van der Waals surface area contributed by atoms with E-state index >= 15 is 0 Å². The van der Waals surface area contributed by atoms with Gasteiger partial charge in [0.2, 0.25) is 5.91 Å². The molecule has 1 heterocycles. The Morgan fingerprint density at radius 3 is 2.68 bits per heavy atom. The third kappa shape index (κ3) is 3.43. The van der Waals surface area contributed by atoms with Gasteiger partial charge in [0.15, 0.2) is 6.10 Å². The van der Waals surface area contributed by atoms with E-state index in [4.69, 9.17) is 16.4 Å². The Morgan fingerprint density at radius 2 is 2.00 bits per heavy atom. The average molecular weight is 321 g/mol. The van der Waals surface area contributed by atoms with Crippen molar-refractivity contribution in [3.63, 3.8) is 0 Å². The highest BCUT2D eigenvalue weighted by Crippen LogP contribution is 2.27. The second kappa shape index (κ2) is 6.69. The fourth-order valence-electron chi connectivity index (χ4n) is 3.22. The molecule has 1 aliphatic heterocycles. The third-order valence-electron chi connectivity index (χ3n) is 4.47. The summed E-state index contributed by atoms with van der Waals surface area (Å²) in [6.07, 6.45) is 5.08. The van der Waals surface area contributed by atoms with E-state index in [1.807, 2.05) is 31.3 Å². The molecule has 4 nitrogen and oxygen atoms in total. The van der Waals surface area contributed by atoms with Gasteiger partial charge in [0, 0.05) is 24.4 Å². The Bertz CT molecular complexity index is 565. The minimum Gasteiger partial charge on any atom is -0.390 e. The van der Waals surface area contributed by atoms with Crippen LogP contribution in [0.2, 0.25) is 5.02 Å². The SMILES string of the molecule is CN(C[C@@H]1CC(c2ccc(Cl)cc2)=NO1)C(=O)C1CCCC1. The first-order chi connectivity index (χ1) is 10.6. The van der Waals surface area contributed by atoms with Crippen molar-refractivity contribution in [2.45, 2.75) is 38.2 Å². The number of oxime groups is 1. The maximum Gasteiger partial charge on any atom is 0.225 e. The van der Waals surface area contributed by atoms with Crippen LogP contribution in [0.5, 0.6) is 0 Å². The Labute approximate surface area is 136 Å². The molecule has 2 aliphatic rings. The van der Waals surface area contributed by atoms with E-state index in [0.717, 1.165) is 30.5 Å². The van der Waals surface area contributed by atoms with Gasteiger partial charge in [0.05, 0.1) is 12.3 Å². The van der Waals surface area contributed by atoms with Crippen molar-refractivity contribution in [3.8, 4) is 0 Å². The van der Waals surface area contributed by atoms with Crippen molar-refractivity contribution in [2.24, 2.45) is 11.1 Å². The molecule has 1 aliphatic carbocycles. The standard InChI is InChI=1S/C17H21ClN2O2/c1-20(17(21)13-4-2-3-5-13)11-15-10-16(19-22-15)12-6-8-14(18)9-7-12/h6-9,13,15H,2-5,10-11H2,1H3/t15-/m0/s1. The first kappa shape index (κ1) is 15.3. The molecule has 1 amide bonds. The highest BCUT2D eigenvalue weighted by molar-refractivity contribution is 6.30. The number of carbonyl (C=O) groups excluding carboxylic acids is 1. The number of benzene rings is 1. The van der Waals surface area contributed by atoms with Gasteiger partial charge in [-0.15, -0.1) is 0 Å². The Morgan fingerprint density at radius 1 is 1.32 bits per heavy atom. The molecule has 1 aromatic rings. The van der Waals surface area contributed by atoms with Gasteiger partial charge in [0.25, 0.3) is 0 Å². The number of hydrogen-bond donors (Lipinski definition) is 0. The third-order valence-corrected chi connectivity index (χ3v) is 4.72. The molecule has 1 fully saturated rings. The predicted molar refractivity (Wildman–Crippen MR) is 87.1 cm³/mol. The van der Waals surface area contributed by atoms with Crippen molar-refractivity contribution >= 4 is 23.2 Å². The summed E-state index contributed by atoms with van der Waals surface area (Å²) in [5, 5.41) is 4.87. The molecular formula is C17H21ClN2O2. The predicted octanol–water partition coefficient (Wildman–Crippen LogP) is 3.48. The molecule has 3 rings (SSSR count). The Balaban J connectivity index is 1.53.